The minimum Gasteiger partial charge on any atom is -0.508 e. The number of aromatic hydroxyl groups is 1. The van der Waals surface area contributed by atoms with Gasteiger partial charge in [-0.2, -0.15) is 0 Å². The maximum atomic E-state index is 11.0. The number of phenolic OH excluding ortho intramolecular Hbond substituents is 1. The van der Waals surface area contributed by atoms with Gasteiger partial charge in [0.25, 0.3) is 5.56 Å². The summed E-state index contributed by atoms with van der Waals surface area (Å²) in [5.41, 5.74) is 3.74. The number of aliphatic hydroxyl groups is 1. The molecule has 0 amide bonds. The van der Waals surface area contributed by atoms with E-state index >= 15 is 0 Å². The Labute approximate surface area is 266 Å². The van der Waals surface area contributed by atoms with Crippen LogP contribution in [0.15, 0.2) is 35.8 Å². The topological polar surface area (TPSA) is 86.2 Å². The molecular weight excluding hydrogens is 532 g/mol. The summed E-state index contributed by atoms with van der Waals surface area (Å²) in [4.78, 5) is 17.5. The van der Waals surface area contributed by atoms with E-state index in [9.17, 15) is 4.79 Å². The number of nitrogens with zero attached hydrogens (tertiary/aromatic N) is 1. The first kappa shape index (κ1) is 45.0. The number of H-pyrrole nitrogens is 1. The Hall–Kier alpha value is -2.40. The van der Waals surface area contributed by atoms with E-state index in [-0.39, 0.29) is 17.9 Å². The van der Waals surface area contributed by atoms with E-state index in [0.29, 0.717) is 11.4 Å². The number of hydrogen-bond donors (Lipinski definition) is 3. The fourth-order valence-corrected chi connectivity index (χ4v) is 4.30. The summed E-state index contributed by atoms with van der Waals surface area (Å²) in [5.74, 6) is 2.15. The number of allylic oxidation sites excluding steroid dienone is 1. The Bertz CT molecular complexity index is 962. The second-order valence-electron chi connectivity index (χ2n) is 11.7. The maximum absolute atomic E-state index is 11.0. The van der Waals surface area contributed by atoms with E-state index in [1.165, 1.54) is 70.6 Å². The van der Waals surface area contributed by atoms with Crippen molar-refractivity contribution >= 4 is 5.57 Å². The molecule has 0 bridgehead atoms. The number of aromatic amines is 1. The Morgan fingerprint density at radius 2 is 1.37 bits per heavy atom. The minimum absolute atomic E-state index is 0.00241. The van der Waals surface area contributed by atoms with Crippen LogP contribution in [-0.2, 0) is 13.0 Å². The number of aromatic nitrogens is 2. The molecule has 0 spiro atoms. The third-order valence-electron chi connectivity index (χ3n) is 6.81. The standard InChI is InChI=1S/C10H22.C9H12O2.C8H10N2O.C8H18.C3H8/c1-4-6-7-9-10(3)8-5-2;1-2-7-3-4-9(11)5-8(7)6-10;1-5(2)7-4-9-6(3)8(11)10-7;1-4-6-8(3)7-5-2;1-3-2/h10H,4-9H2,1-3H3;3-5,10-11H,2,6H2,1H3;4H,1H2,2-3H3,(H,10,11);8H,4-7H2,1-3H3;3H2,1-2H3. The number of phenols is 1. The number of hydrogen-bond acceptors (Lipinski definition) is 4. The van der Waals surface area contributed by atoms with Crippen LogP contribution in [-0.4, -0.2) is 20.2 Å². The molecule has 250 valence electrons. The molecule has 1 heterocycles. The summed E-state index contributed by atoms with van der Waals surface area (Å²) in [6.07, 6.45) is 17.7. The quantitative estimate of drug-likeness (QED) is 0.199. The summed E-state index contributed by atoms with van der Waals surface area (Å²) in [6.45, 7) is 27.2. The summed E-state index contributed by atoms with van der Waals surface area (Å²) in [5, 5.41) is 17.9. The Morgan fingerprint density at radius 3 is 1.77 bits per heavy atom. The molecular formula is C38H70N2O3. The molecule has 0 aliphatic rings. The lowest BCUT2D eigenvalue weighted by Crippen LogP contribution is -2.12. The molecule has 1 unspecified atom stereocenters. The molecule has 5 nitrogen and oxygen atoms in total. The van der Waals surface area contributed by atoms with Crippen molar-refractivity contribution in [3.05, 3.63) is 63.8 Å². The summed E-state index contributed by atoms with van der Waals surface area (Å²) in [6, 6.07) is 5.07. The van der Waals surface area contributed by atoms with Gasteiger partial charge < -0.3 is 15.2 Å². The van der Waals surface area contributed by atoms with Crippen LogP contribution in [0.4, 0.5) is 0 Å². The van der Waals surface area contributed by atoms with Crippen molar-refractivity contribution in [1.82, 2.24) is 9.97 Å². The van der Waals surface area contributed by atoms with Gasteiger partial charge in [0.05, 0.1) is 18.5 Å². The van der Waals surface area contributed by atoms with Crippen LogP contribution in [0.2, 0.25) is 0 Å². The summed E-state index contributed by atoms with van der Waals surface area (Å²) in [7, 11) is 0. The highest BCUT2D eigenvalue weighted by Crippen LogP contribution is 2.17. The van der Waals surface area contributed by atoms with E-state index in [0.717, 1.165) is 35.0 Å². The molecule has 5 heteroatoms. The third-order valence-corrected chi connectivity index (χ3v) is 6.81. The van der Waals surface area contributed by atoms with E-state index in [4.69, 9.17) is 10.2 Å². The molecule has 0 saturated carbocycles. The Kier molecular flexibility index (Phi) is 32.5. The molecule has 0 aliphatic heterocycles. The van der Waals surface area contributed by atoms with Gasteiger partial charge in [0.15, 0.2) is 0 Å². The highest BCUT2D eigenvalue weighted by Gasteiger charge is 2.00. The van der Waals surface area contributed by atoms with Gasteiger partial charge >= 0.3 is 0 Å². The predicted molar refractivity (Wildman–Crippen MR) is 191 cm³/mol. The van der Waals surface area contributed by atoms with E-state index in [1.54, 1.807) is 25.3 Å². The molecule has 2 aromatic rings. The van der Waals surface area contributed by atoms with Crippen LogP contribution < -0.4 is 5.56 Å². The zero-order chi connectivity index (χ0) is 33.6. The number of unbranched alkanes of at least 4 members (excludes halogenated alkanes) is 2. The molecule has 0 radical (unpaired) electrons. The highest BCUT2D eigenvalue weighted by molar-refractivity contribution is 5.56. The lowest BCUT2D eigenvalue weighted by Gasteiger charge is -2.07. The predicted octanol–water partition coefficient (Wildman–Crippen LogP) is 11.2. The van der Waals surface area contributed by atoms with Gasteiger partial charge in [-0.15, -0.1) is 0 Å². The number of nitrogens with one attached hydrogen (secondary N) is 1. The Morgan fingerprint density at radius 1 is 0.860 bits per heavy atom. The van der Waals surface area contributed by atoms with Gasteiger partial charge in [0, 0.05) is 0 Å². The van der Waals surface area contributed by atoms with Gasteiger partial charge in [-0.25, -0.2) is 0 Å². The first-order chi connectivity index (χ1) is 20.4. The van der Waals surface area contributed by atoms with E-state index in [2.05, 4.69) is 71.9 Å². The fourth-order valence-electron chi connectivity index (χ4n) is 4.30. The number of aryl methyl sites for hydroxylation is 2. The maximum Gasteiger partial charge on any atom is 0.269 e. The zero-order valence-corrected chi connectivity index (χ0v) is 30.1. The van der Waals surface area contributed by atoms with Crippen molar-refractivity contribution in [2.45, 2.75) is 160 Å². The van der Waals surface area contributed by atoms with Crippen LogP contribution in [0.25, 0.3) is 5.57 Å². The summed E-state index contributed by atoms with van der Waals surface area (Å²) < 4.78 is 0. The van der Waals surface area contributed by atoms with Crippen LogP contribution in [0, 0.1) is 18.8 Å². The SMILES string of the molecule is C=C(C)c1cnc(C)c(=O)[nH]1.CCC.CCCC(C)CCC.CCCCCC(C)CCC.CCc1ccc(O)cc1CO. The van der Waals surface area contributed by atoms with E-state index < -0.39 is 0 Å². The average molecular weight is 603 g/mol. The van der Waals surface area contributed by atoms with Crippen molar-refractivity contribution in [1.29, 1.82) is 0 Å². The van der Waals surface area contributed by atoms with Gasteiger partial charge in [-0.3, -0.25) is 9.78 Å². The molecule has 1 aromatic heterocycles. The highest BCUT2D eigenvalue weighted by atomic mass is 16.3. The number of benzene rings is 1. The second kappa shape index (κ2) is 31.0. The molecule has 3 N–H and O–H groups in total. The normalized spacial score (nSPS) is 10.5. The minimum atomic E-state index is -0.148. The molecule has 0 aliphatic carbocycles. The van der Waals surface area contributed by atoms with Crippen molar-refractivity contribution in [2.24, 2.45) is 11.8 Å². The van der Waals surface area contributed by atoms with Gasteiger partial charge in [-0.1, -0.05) is 146 Å². The Balaban J connectivity index is -0.000000484. The first-order valence-corrected chi connectivity index (χ1v) is 17.1. The fraction of sp³-hybridized carbons (Fsp3) is 0.684. The summed E-state index contributed by atoms with van der Waals surface area (Å²) >= 11 is 0. The largest absolute Gasteiger partial charge is 0.508 e. The second-order valence-corrected chi connectivity index (χ2v) is 11.7. The first-order valence-electron chi connectivity index (χ1n) is 17.1. The average Bonchev–Trinajstić information content (AvgIpc) is 2.96. The third kappa shape index (κ3) is 26.9. The number of rotatable bonds is 13. The van der Waals surface area contributed by atoms with Crippen molar-refractivity contribution in [2.75, 3.05) is 0 Å². The van der Waals surface area contributed by atoms with Crippen LogP contribution in [0.1, 0.15) is 162 Å². The number of aliphatic hydroxyl groups excluding tert-OH is 1. The van der Waals surface area contributed by atoms with E-state index in [1.807, 2.05) is 19.9 Å². The van der Waals surface area contributed by atoms with Gasteiger partial charge in [0.1, 0.15) is 11.4 Å². The van der Waals surface area contributed by atoms with Crippen LogP contribution in [0.5, 0.6) is 5.75 Å². The van der Waals surface area contributed by atoms with Crippen molar-refractivity contribution in [3.63, 3.8) is 0 Å². The van der Waals surface area contributed by atoms with Crippen molar-refractivity contribution in [3.8, 4) is 5.75 Å². The van der Waals surface area contributed by atoms with Crippen molar-refractivity contribution < 1.29 is 10.2 Å². The molecule has 1 atom stereocenters. The van der Waals surface area contributed by atoms with Crippen LogP contribution in [0.3, 0.4) is 0 Å². The molecule has 1 aromatic carbocycles. The molecule has 0 saturated heterocycles. The molecule has 2 rings (SSSR count). The molecule has 43 heavy (non-hydrogen) atoms. The monoisotopic (exact) mass is 603 g/mol. The molecule has 0 fully saturated rings. The smallest absolute Gasteiger partial charge is 0.269 e. The van der Waals surface area contributed by atoms with Crippen LogP contribution >= 0.6 is 0 Å². The zero-order valence-electron chi connectivity index (χ0n) is 30.1. The van der Waals surface area contributed by atoms with Gasteiger partial charge in [0.2, 0.25) is 0 Å². The lowest BCUT2D eigenvalue weighted by atomic mass is 9.99. The van der Waals surface area contributed by atoms with Gasteiger partial charge in [-0.05, 0) is 60.9 Å². The lowest BCUT2D eigenvalue weighted by molar-refractivity contribution is 0.280.